The van der Waals surface area contributed by atoms with Gasteiger partial charge in [0.15, 0.2) is 0 Å². The zero-order chi connectivity index (χ0) is 54.8. The number of aromatic nitrogens is 2. The number of rotatable bonds is 32. The van der Waals surface area contributed by atoms with Crippen LogP contribution < -0.4 is 36.2 Å². The number of pyridine rings is 1. The molecule has 0 spiro atoms. The number of thiazole rings is 1. The van der Waals surface area contributed by atoms with E-state index in [1.54, 1.807) is 24.3 Å². The Morgan fingerprint density at radius 3 is 2.17 bits per heavy atom. The van der Waals surface area contributed by atoms with Crippen molar-refractivity contribution in [2.75, 3.05) is 65.1 Å². The van der Waals surface area contributed by atoms with Crippen molar-refractivity contribution in [2.45, 2.75) is 106 Å². The van der Waals surface area contributed by atoms with Gasteiger partial charge >= 0.3 is 22.7 Å². The van der Waals surface area contributed by atoms with Crippen LogP contribution in [0.5, 0.6) is 11.6 Å². The molecule has 5 amide bonds. The van der Waals surface area contributed by atoms with Crippen LogP contribution in [0.25, 0.3) is 0 Å². The molecular formula is C52H64F3N9O11S2. The Morgan fingerprint density at radius 1 is 0.844 bits per heavy atom. The Morgan fingerprint density at radius 2 is 1.52 bits per heavy atom. The van der Waals surface area contributed by atoms with E-state index in [1.165, 1.54) is 0 Å². The third-order valence-corrected chi connectivity index (χ3v) is 15.4. The van der Waals surface area contributed by atoms with Crippen molar-refractivity contribution in [1.29, 1.82) is 0 Å². The molecule has 5 heterocycles. The molecule has 25 heteroatoms. The van der Waals surface area contributed by atoms with Gasteiger partial charge in [0.05, 0.1) is 56.4 Å². The molecule has 0 bridgehead atoms. The summed E-state index contributed by atoms with van der Waals surface area (Å²) in [6.45, 7) is 4.90. The lowest BCUT2D eigenvalue weighted by Gasteiger charge is -2.19. The molecule has 3 aliphatic heterocycles. The summed E-state index contributed by atoms with van der Waals surface area (Å²) in [5.74, 6) is -1.80. The molecule has 4 atom stereocenters. The first-order valence-electron chi connectivity index (χ1n) is 25.6. The van der Waals surface area contributed by atoms with E-state index in [0.29, 0.717) is 91.1 Å². The van der Waals surface area contributed by atoms with Crippen LogP contribution in [0, 0.1) is 0 Å². The first-order chi connectivity index (χ1) is 37.1. The molecule has 0 saturated carbocycles. The molecule has 20 nitrogen and oxygen atoms in total. The Bertz CT molecular complexity index is 2700. The van der Waals surface area contributed by atoms with Crippen molar-refractivity contribution in [3.63, 3.8) is 0 Å². The van der Waals surface area contributed by atoms with Crippen LogP contribution in [-0.2, 0) is 48.7 Å². The molecule has 2 aromatic carbocycles. The van der Waals surface area contributed by atoms with Gasteiger partial charge in [-0.05, 0) is 73.6 Å². The second-order valence-corrected chi connectivity index (χ2v) is 20.8. The molecule has 4 aromatic rings. The van der Waals surface area contributed by atoms with E-state index < -0.39 is 52.8 Å². The summed E-state index contributed by atoms with van der Waals surface area (Å²) >= 11 is 2.51. The smallest absolute Gasteiger partial charge is 0.442 e. The fourth-order valence-corrected chi connectivity index (χ4v) is 11.0. The highest BCUT2D eigenvalue weighted by atomic mass is 32.2. The van der Waals surface area contributed by atoms with Gasteiger partial charge in [0.25, 0.3) is 5.91 Å². The third kappa shape index (κ3) is 16.8. The third-order valence-electron chi connectivity index (χ3n) is 12.9. The van der Waals surface area contributed by atoms with Crippen LogP contribution in [0.15, 0.2) is 81.9 Å². The summed E-state index contributed by atoms with van der Waals surface area (Å²) in [7, 11) is 0. The standard InChI is InChI=1S/C52H64F3N9O11S2/c1-2-33-9-16-37(58-31-33)19-24-75-38-17-10-34(11-18-38)29-42-48(69)64(50(71)77-42)44(66)30-39(59-46(67)35-12-14-36(15-13-35)51(62-63-51)52(53,54)55)47(68)57-21-6-23-73-26-28-74-27-25-72-22-5-20-56-43(65)8-4-3-7-41-45-40(32-76-41)60-49(70)61-45/h9-18,31,39-41,45,69H,2-8,19-30,32H2,1H3,(H,56,65)(H,57,68)(H,59,67)(H2,60,61,70)/t39-,40+,41+,45+/m1/s1. The van der Waals surface area contributed by atoms with Crippen molar-refractivity contribution in [1.82, 2.24) is 36.1 Å². The van der Waals surface area contributed by atoms with Crippen LogP contribution in [-0.4, -0.2) is 139 Å². The Labute approximate surface area is 451 Å². The number of aryl methyl sites for hydroxylation is 1. The molecule has 0 radical (unpaired) electrons. The number of urea groups is 1. The number of nitrogens with one attached hydrogen (secondary N) is 5. The molecule has 0 unspecified atom stereocenters. The number of unbranched alkanes of at least 4 members (excludes halogenated alkanes) is 1. The molecule has 2 aromatic heterocycles. The highest BCUT2D eigenvalue weighted by Gasteiger charge is 2.65. The SMILES string of the molecule is CCc1ccc(CCOc2ccc(Cc3sc(=O)n(C(=O)C[C@@H](NC(=O)c4ccc(C5(C(F)(F)F)N=N5)cc4)C(=O)NCCCOCCOCCOCCCNC(=O)CCCC[C@@H]4SC[C@@H]5NC(=O)N[C@@H]54)c3O)cc2)nc1. The molecule has 2 fully saturated rings. The topological polar surface area (TPSA) is 262 Å². The average molecular weight is 1110 g/mol. The fourth-order valence-electron chi connectivity index (χ4n) is 8.55. The summed E-state index contributed by atoms with van der Waals surface area (Å²) < 4.78 is 63.9. The number of halogens is 3. The van der Waals surface area contributed by atoms with E-state index in [0.717, 1.165) is 67.0 Å². The summed E-state index contributed by atoms with van der Waals surface area (Å²) in [5.41, 5.74) is -0.408. The molecule has 0 aliphatic carbocycles. The zero-order valence-corrected chi connectivity index (χ0v) is 44.2. The fraction of sp³-hybridized carbons (Fsp3) is 0.519. The van der Waals surface area contributed by atoms with Crippen molar-refractivity contribution in [3.05, 3.63) is 109 Å². The number of amides is 5. The average Bonchev–Trinajstić information content (AvgIpc) is 3.99. The minimum Gasteiger partial charge on any atom is -0.493 e. The first-order valence-corrected chi connectivity index (χ1v) is 27.5. The second kappa shape index (κ2) is 28.3. The molecule has 7 rings (SSSR count). The zero-order valence-electron chi connectivity index (χ0n) is 42.6. The van der Waals surface area contributed by atoms with Gasteiger partial charge < -0.3 is 50.6 Å². The molecule has 77 heavy (non-hydrogen) atoms. The van der Waals surface area contributed by atoms with E-state index in [4.69, 9.17) is 18.9 Å². The van der Waals surface area contributed by atoms with Crippen LogP contribution >= 0.6 is 23.1 Å². The van der Waals surface area contributed by atoms with Gasteiger partial charge in [0.2, 0.25) is 23.6 Å². The maximum Gasteiger partial charge on any atom is 0.442 e. The second-order valence-electron chi connectivity index (χ2n) is 18.5. The lowest BCUT2D eigenvalue weighted by Crippen LogP contribution is -2.49. The Balaban J connectivity index is 0.798. The van der Waals surface area contributed by atoms with Crippen molar-refractivity contribution >= 4 is 52.8 Å². The number of benzene rings is 2. The number of carbonyl (C=O) groups is 5. The number of fused-ring (bicyclic) bond motifs is 1. The van der Waals surface area contributed by atoms with E-state index in [1.807, 2.05) is 30.1 Å². The summed E-state index contributed by atoms with van der Waals surface area (Å²) in [6, 6.07) is 14.0. The van der Waals surface area contributed by atoms with Crippen molar-refractivity contribution in [3.8, 4) is 11.6 Å². The number of thioether (sulfide) groups is 1. The van der Waals surface area contributed by atoms with E-state index in [9.17, 15) is 47.0 Å². The Kier molecular flexibility index (Phi) is 21.4. The summed E-state index contributed by atoms with van der Waals surface area (Å²) in [4.78, 5) is 81.4. The van der Waals surface area contributed by atoms with Crippen LogP contribution in [0.3, 0.4) is 0 Å². The van der Waals surface area contributed by atoms with Gasteiger partial charge in [-0.3, -0.25) is 29.0 Å². The first kappa shape index (κ1) is 58.3. The number of nitrogens with zero attached hydrogens (tertiary/aromatic N) is 4. The Hall–Kier alpha value is -6.41. The van der Waals surface area contributed by atoms with Gasteiger partial charge in [0, 0.05) is 79.6 Å². The monoisotopic (exact) mass is 1110 g/mol. The number of carbonyl (C=O) groups excluding carboxylic acids is 5. The van der Waals surface area contributed by atoms with Crippen molar-refractivity contribution in [2.24, 2.45) is 10.2 Å². The molecule has 3 aliphatic rings. The maximum absolute atomic E-state index is 13.7. The van der Waals surface area contributed by atoms with Crippen LogP contribution in [0.4, 0.5) is 18.0 Å². The highest BCUT2D eigenvalue weighted by molar-refractivity contribution is 8.00. The molecule has 6 N–H and O–H groups in total. The predicted molar refractivity (Wildman–Crippen MR) is 280 cm³/mol. The van der Waals surface area contributed by atoms with Crippen LogP contribution in [0.1, 0.15) is 94.3 Å². The molecule has 2 saturated heterocycles. The van der Waals surface area contributed by atoms with E-state index in [2.05, 4.69) is 48.7 Å². The lowest BCUT2D eigenvalue weighted by atomic mass is 10.0. The quantitative estimate of drug-likeness (QED) is 0.0258. The number of ether oxygens (including phenoxy) is 4. The largest absolute Gasteiger partial charge is 0.493 e. The number of hydrogen-bond acceptors (Lipinski definition) is 16. The normalized spacial score (nSPS) is 17.5. The number of aromatic hydroxyl groups is 1. The van der Waals surface area contributed by atoms with Gasteiger partial charge in [-0.15, -0.1) is 10.2 Å². The van der Waals surface area contributed by atoms with E-state index >= 15 is 0 Å². The highest BCUT2D eigenvalue weighted by Crippen LogP contribution is 2.52. The van der Waals surface area contributed by atoms with Gasteiger partial charge in [-0.2, -0.15) is 24.9 Å². The predicted octanol–water partition coefficient (Wildman–Crippen LogP) is 5.58. The summed E-state index contributed by atoms with van der Waals surface area (Å²) in [5, 5.41) is 31.8. The van der Waals surface area contributed by atoms with Crippen molar-refractivity contribution < 1.29 is 61.2 Å². The number of alkyl halides is 3. The van der Waals surface area contributed by atoms with Crippen LogP contribution in [0.2, 0.25) is 0 Å². The summed E-state index contributed by atoms with van der Waals surface area (Å²) in [6.07, 6.45) is 2.00. The lowest BCUT2D eigenvalue weighted by molar-refractivity contribution is -0.166. The van der Waals surface area contributed by atoms with Gasteiger partial charge in [0.1, 0.15) is 11.8 Å². The van der Waals surface area contributed by atoms with Gasteiger partial charge in [-0.1, -0.05) is 55.0 Å². The van der Waals surface area contributed by atoms with Gasteiger partial charge in [-0.25, -0.2) is 9.36 Å². The maximum atomic E-state index is 13.7. The minimum absolute atomic E-state index is 0.00595. The minimum atomic E-state index is -4.79. The molecular weight excluding hydrogens is 1050 g/mol. The van der Waals surface area contributed by atoms with E-state index in [-0.39, 0.29) is 72.8 Å². The molecule has 416 valence electrons. The number of hydrogen-bond donors (Lipinski definition) is 6.